The summed E-state index contributed by atoms with van der Waals surface area (Å²) < 4.78 is 37.1. The van der Waals surface area contributed by atoms with Crippen molar-refractivity contribution in [2.24, 2.45) is 0 Å². The van der Waals surface area contributed by atoms with Gasteiger partial charge >= 0.3 is 0 Å². The van der Waals surface area contributed by atoms with Crippen LogP contribution in [0.5, 0.6) is 11.5 Å². The molecule has 0 bridgehead atoms. The first-order chi connectivity index (χ1) is 17.2. The van der Waals surface area contributed by atoms with Crippen molar-refractivity contribution < 1.29 is 18.3 Å². The van der Waals surface area contributed by atoms with Crippen LogP contribution in [0.3, 0.4) is 0 Å². The van der Waals surface area contributed by atoms with E-state index >= 15 is 0 Å². The van der Waals surface area contributed by atoms with Gasteiger partial charge in [0.05, 0.1) is 35.6 Å². The fraction of sp³-hybridized carbons (Fsp3) is 0.304. The number of nitrogens with one attached hydrogen (secondary N) is 1. The van der Waals surface area contributed by atoms with E-state index in [1.165, 1.54) is 24.3 Å². The van der Waals surface area contributed by atoms with Crippen LogP contribution < -0.4 is 14.2 Å². The van der Waals surface area contributed by atoms with Crippen molar-refractivity contribution in [2.45, 2.75) is 31.9 Å². The third-order valence-electron chi connectivity index (χ3n) is 5.46. The first kappa shape index (κ1) is 26.4. The average Bonchev–Trinajstić information content (AvgIpc) is 3.47. The van der Waals surface area contributed by atoms with E-state index < -0.39 is 5.82 Å². The number of anilines is 1. The van der Waals surface area contributed by atoms with Crippen LogP contribution in [0.2, 0.25) is 0 Å². The molecule has 3 heterocycles. The molecule has 0 aliphatic carbocycles. The zero-order chi connectivity index (χ0) is 26.0. The monoisotopic (exact) mass is 640 g/mol. The minimum atomic E-state index is -0.471. The average molecular weight is 642 g/mol. The number of nitrogens with zero attached hydrogens (tertiary/aromatic N) is 5. The molecule has 0 saturated carbocycles. The summed E-state index contributed by atoms with van der Waals surface area (Å²) in [5.41, 5.74) is 0.570. The molecule has 1 N–H and O–H groups in total. The molecule has 1 aromatic carbocycles. The number of benzene rings is 1. The minimum Gasteiger partial charge on any atom is -0.493 e. The van der Waals surface area contributed by atoms with Crippen LogP contribution in [0, 0.1) is 12.7 Å². The SMILES string of the molecule is COc1c(Br)cc(Br)c(OC)c1-n1c(NSC(C)C(C)c2ncc(F)cn2)nnc1-c1ccc(C)o1. The number of methoxy groups -OCH3 is 2. The van der Waals surface area contributed by atoms with E-state index in [-0.39, 0.29) is 11.2 Å². The van der Waals surface area contributed by atoms with Gasteiger partial charge in [0.1, 0.15) is 17.3 Å². The Morgan fingerprint density at radius 1 is 1.06 bits per heavy atom. The fourth-order valence-electron chi connectivity index (χ4n) is 3.45. The number of hydrogen-bond acceptors (Lipinski definition) is 9. The molecule has 0 aliphatic rings. The van der Waals surface area contributed by atoms with Gasteiger partial charge in [-0.2, -0.15) is 0 Å². The maximum atomic E-state index is 13.3. The molecule has 4 aromatic rings. The number of ether oxygens (including phenoxy) is 2. The molecule has 190 valence electrons. The Balaban J connectivity index is 1.77. The van der Waals surface area contributed by atoms with Crippen molar-refractivity contribution in [2.75, 3.05) is 18.9 Å². The van der Waals surface area contributed by atoms with Gasteiger partial charge in [0.15, 0.2) is 23.1 Å². The van der Waals surface area contributed by atoms with Crippen molar-refractivity contribution >= 4 is 49.8 Å². The van der Waals surface area contributed by atoms with E-state index in [2.05, 4.69) is 56.7 Å². The number of rotatable bonds is 9. The maximum absolute atomic E-state index is 13.3. The van der Waals surface area contributed by atoms with Crippen LogP contribution in [0.4, 0.5) is 10.3 Å². The van der Waals surface area contributed by atoms with Crippen LogP contribution in [-0.4, -0.2) is 44.2 Å². The Labute approximate surface area is 228 Å². The highest BCUT2D eigenvalue weighted by Crippen LogP contribution is 2.46. The van der Waals surface area contributed by atoms with Gasteiger partial charge in [-0.15, -0.1) is 10.2 Å². The Morgan fingerprint density at radius 3 is 2.25 bits per heavy atom. The highest BCUT2D eigenvalue weighted by atomic mass is 79.9. The molecule has 3 aromatic heterocycles. The molecule has 2 atom stereocenters. The van der Waals surface area contributed by atoms with Crippen molar-refractivity contribution in [3.8, 4) is 28.8 Å². The standard InChI is InChI=1S/C23H23Br2FN6O3S/c1-11-6-7-17(35-11)22-29-30-23(31-36-13(3)12(2)21-27-9-14(26)10-28-21)32(22)18-19(33-4)15(24)8-16(25)20(18)34-5/h6-10,12-13H,1-5H3,(H,30,31). The Kier molecular flexibility index (Phi) is 8.20. The summed E-state index contributed by atoms with van der Waals surface area (Å²) >= 11 is 8.56. The minimum absolute atomic E-state index is 0.00652. The lowest BCUT2D eigenvalue weighted by atomic mass is 10.1. The largest absolute Gasteiger partial charge is 0.493 e. The first-order valence-electron chi connectivity index (χ1n) is 10.8. The van der Waals surface area contributed by atoms with E-state index in [1.807, 2.05) is 39.0 Å². The summed E-state index contributed by atoms with van der Waals surface area (Å²) in [6, 6.07) is 5.53. The molecule has 4 rings (SSSR count). The van der Waals surface area contributed by atoms with Crippen LogP contribution in [0.25, 0.3) is 17.3 Å². The van der Waals surface area contributed by atoms with Gasteiger partial charge in [-0.3, -0.25) is 9.29 Å². The van der Waals surface area contributed by atoms with E-state index in [0.29, 0.717) is 49.5 Å². The van der Waals surface area contributed by atoms with E-state index in [4.69, 9.17) is 13.9 Å². The summed E-state index contributed by atoms with van der Waals surface area (Å²) in [4.78, 5) is 8.23. The van der Waals surface area contributed by atoms with Crippen LogP contribution in [0.15, 0.2) is 44.0 Å². The normalized spacial score (nSPS) is 12.9. The lowest BCUT2D eigenvalue weighted by Gasteiger charge is -2.21. The zero-order valence-corrected chi connectivity index (χ0v) is 24.0. The van der Waals surface area contributed by atoms with Gasteiger partial charge in [-0.1, -0.05) is 13.8 Å². The molecule has 9 nitrogen and oxygen atoms in total. The van der Waals surface area contributed by atoms with Crippen molar-refractivity contribution in [1.29, 1.82) is 0 Å². The summed E-state index contributed by atoms with van der Waals surface area (Å²) in [5, 5.41) is 8.81. The second-order valence-electron chi connectivity index (χ2n) is 7.82. The first-order valence-corrected chi connectivity index (χ1v) is 13.2. The van der Waals surface area contributed by atoms with Crippen LogP contribution >= 0.6 is 43.8 Å². The summed E-state index contributed by atoms with van der Waals surface area (Å²) in [7, 11) is 3.15. The topological polar surface area (TPSA) is 100 Å². The molecule has 2 unspecified atom stereocenters. The zero-order valence-electron chi connectivity index (χ0n) is 20.0. The lowest BCUT2D eigenvalue weighted by Crippen LogP contribution is -2.15. The maximum Gasteiger partial charge on any atom is 0.239 e. The number of aryl methyl sites for hydroxylation is 1. The van der Waals surface area contributed by atoms with Gasteiger partial charge in [0.2, 0.25) is 11.8 Å². The molecule has 0 amide bonds. The van der Waals surface area contributed by atoms with Crippen LogP contribution in [-0.2, 0) is 0 Å². The summed E-state index contributed by atoms with van der Waals surface area (Å²) in [5.74, 6) is 3.18. The smallest absolute Gasteiger partial charge is 0.239 e. The highest BCUT2D eigenvalue weighted by Gasteiger charge is 2.28. The van der Waals surface area contributed by atoms with Crippen molar-refractivity contribution in [1.82, 2.24) is 24.7 Å². The van der Waals surface area contributed by atoms with E-state index in [0.717, 1.165) is 5.76 Å². The lowest BCUT2D eigenvalue weighted by molar-refractivity contribution is 0.388. The Hall–Kier alpha value is -2.64. The Bertz CT molecular complexity index is 1340. The molecule has 0 spiro atoms. The highest BCUT2D eigenvalue weighted by molar-refractivity contribution is 9.11. The molecule has 0 aliphatic heterocycles. The van der Waals surface area contributed by atoms with Crippen LogP contribution in [0.1, 0.15) is 31.4 Å². The molecule has 36 heavy (non-hydrogen) atoms. The number of halogens is 3. The second kappa shape index (κ2) is 11.2. The molecular formula is C23H23Br2FN6O3S. The molecule has 0 saturated heterocycles. The summed E-state index contributed by atoms with van der Waals surface area (Å²) in [6.07, 6.45) is 2.34. The van der Waals surface area contributed by atoms with E-state index in [9.17, 15) is 4.39 Å². The second-order valence-corrected chi connectivity index (χ2v) is 10.7. The van der Waals surface area contributed by atoms with Gasteiger partial charge in [-0.05, 0) is 68.9 Å². The number of hydrogen-bond donors (Lipinski definition) is 1. The molecule has 0 fully saturated rings. The third-order valence-corrected chi connectivity index (χ3v) is 7.72. The predicted octanol–water partition coefficient (Wildman–Crippen LogP) is 6.56. The Morgan fingerprint density at radius 2 is 1.69 bits per heavy atom. The van der Waals surface area contributed by atoms with Crippen molar-refractivity contribution in [3.05, 3.63) is 56.9 Å². The van der Waals surface area contributed by atoms with Gasteiger partial charge < -0.3 is 13.9 Å². The van der Waals surface area contributed by atoms with Crippen molar-refractivity contribution in [3.63, 3.8) is 0 Å². The van der Waals surface area contributed by atoms with Gasteiger partial charge in [0, 0.05) is 11.2 Å². The molecule has 0 radical (unpaired) electrons. The quantitative estimate of drug-likeness (QED) is 0.204. The molecule has 13 heteroatoms. The fourth-order valence-corrected chi connectivity index (χ4v) is 5.67. The van der Waals surface area contributed by atoms with E-state index in [1.54, 1.807) is 18.8 Å². The molecular weight excluding hydrogens is 619 g/mol. The number of aromatic nitrogens is 5. The third kappa shape index (κ3) is 5.23. The van der Waals surface area contributed by atoms with Gasteiger partial charge in [0.25, 0.3) is 0 Å². The predicted molar refractivity (Wildman–Crippen MR) is 143 cm³/mol. The number of furan rings is 1. The summed E-state index contributed by atoms with van der Waals surface area (Å²) in [6.45, 7) is 5.85. The van der Waals surface area contributed by atoms with Gasteiger partial charge in [-0.25, -0.2) is 14.4 Å².